The highest BCUT2D eigenvalue weighted by Crippen LogP contribution is 2.44. The Morgan fingerprint density at radius 1 is 1.09 bits per heavy atom. The van der Waals surface area contributed by atoms with Gasteiger partial charge in [0.2, 0.25) is 0 Å². The van der Waals surface area contributed by atoms with Gasteiger partial charge in [-0.2, -0.15) is 0 Å². The first-order chi connectivity index (χ1) is 11.0. The zero-order chi connectivity index (χ0) is 17.1. The standard InChI is InChI=1S/C16H28NO5P/c1-5-12-20-16(21-13-6-2)14(3)17-23(18,19-4)22-15-10-8-7-9-11-15/h7-11,14,16H,5-6,12-13H2,1-4H3,(H,17,18)/t14-,23?/m0/s1. The molecule has 0 aromatic heterocycles. The molecule has 6 nitrogen and oxygen atoms in total. The number of hydrogen-bond donors (Lipinski definition) is 1. The van der Waals surface area contributed by atoms with E-state index in [4.69, 9.17) is 18.5 Å². The summed E-state index contributed by atoms with van der Waals surface area (Å²) in [7, 11) is -2.16. The average Bonchev–Trinajstić information content (AvgIpc) is 2.55. The predicted molar refractivity (Wildman–Crippen MR) is 90.6 cm³/mol. The third kappa shape index (κ3) is 7.46. The van der Waals surface area contributed by atoms with Crippen LogP contribution in [0.25, 0.3) is 0 Å². The molecule has 0 bridgehead atoms. The Morgan fingerprint density at radius 3 is 2.13 bits per heavy atom. The Kier molecular flexibility index (Phi) is 9.44. The second-order valence-corrected chi connectivity index (χ2v) is 6.91. The van der Waals surface area contributed by atoms with Crippen LogP contribution in [0, 0.1) is 0 Å². The molecule has 132 valence electrons. The number of nitrogens with one attached hydrogen (secondary N) is 1. The molecule has 0 heterocycles. The van der Waals surface area contributed by atoms with Gasteiger partial charge in [0.15, 0.2) is 6.29 Å². The van der Waals surface area contributed by atoms with E-state index in [1.54, 1.807) is 24.3 Å². The van der Waals surface area contributed by atoms with Gasteiger partial charge in [-0.3, -0.25) is 4.52 Å². The molecule has 1 aromatic carbocycles. The molecule has 0 aliphatic rings. The Hall–Kier alpha value is -0.910. The minimum atomic E-state index is -3.51. The van der Waals surface area contributed by atoms with E-state index in [-0.39, 0.29) is 6.04 Å². The van der Waals surface area contributed by atoms with Gasteiger partial charge in [0, 0.05) is 20.3 Å². The molecule has 23 heavy (non-hydrogen) atoms. The van der Waals surface area contributed by atoms with Gasteiger partial charge in [-0.15, -0.1) is 0 Å². The number of rotatable bonds is 12. The third-order valence-electron chi connectivity index (χ3n) is 2.95. The number of benzene rings is 1. The maximum Gasteiger partial charge on any atom is 0.458 e. The first-order valence-corrected chi connectivity index (χ1v) is 9.50. The summed E-state index contributed by atoms with van der Waals surface area (Å²) in [5, 5.41) is 2.87. The fourth-order valence-corrected chi connectivity index (χ4v) is 3.10. The number of ether oxygens (including phenoxy) is 2. The minimum absolute atomic E-state index is 0.359. The number of hydrogen-bond acceptors (Lipinski definition) is 5. The van der Waals surface area contributed by atoms with Crippen LogP contribution < -0.4 is 9.61 Å². The summed E-state index contributed by atoms with van der Waals surface area (Å²) in [4.78, 5) is 0. The van der Waals surface area contributed by atoms with E-state index in [0.717, 1.165) is 12.8 Å². The van der Waals surface area contributed by atoms with Gasteiger partial charge in [-0.25, -0.2) is 9.65 Å². The SMILES string of the molecule is CCCOC(OCCC)[C@H](C)NP(=O)(OC)Oc1ccccc1. The molecule has 7 heteroatoms. The highest BCUT2D eigenvalue weighted by Gasteiger charge is 2.31. The monoisotopic (exact) mass is 345 g/mol. The fraction of sp³-hybridized carbons (Fsp3) is 0.625. The molecule has 1 aromatic rings. The minimum Gasteiger partial charge on any atom is -0.413 e. The third-order valence-corrected chi connectivity index (χ3v) is 4.61. The van der Waals surface area contributed by atoms with Gasteiger partial charge < -0.3 is 14.0 Å². The van der Waals surface area contributed by atoms with E-state index in [1.807, 2.05) is 26.8 Å². The zero-order valence-corrected chi connectivity index (χ0v) is 15.3. The summed E-state index contributed by atoms with van der Waals surface area (Å²) < 4.78 is 34.7. The quantitative estimate of drug-likeness (QED) is 0.457. The smallest absolute Gasteiger partial charge is 0.413 e. The van der Waals surface area contributed by atoms with Gasteiger partial charge in [0.1, 0.15) is 5.75 Å². The largest absolute Gasteiger partial charge is 0.458 e. The van der Waals surface area contributed by atoms with Crippen molar-refractivity contribution in [3.8, 4) is 5.75 Å². The lowest BCUT2D eigenvalue weighted by Gasteiger charge is -2.28. The van der Waals surface area contributed by atoms with Crippen molar-refractivity contribution in [2.24, 2.45) is 0 Å². The molecular formula is C16H28NO5P. The molecule has 2 atom stereocenters. The molecule has 1 rings (SSSR count). The van der Waals surface area contributed by atoms with Crippen LogP contribution in [0.5, 0.6) is 5.75 Å². The van der Waals surface area contributed by atoms with Crippen LogP contribution in [0.3, 0.4) is 0 Å². The lowest BCUT2D eigenvalue weighted by Crippen LogP contribution is -2.40. The normalized spacial score (nSPS) is 15.3. The highest BCUT2D eigenvalue weighted by molar-refractivity contribution is 7.52. The predicted octanol–water partition coefficient (Wildman–Crippen LogP) is 3.98. The molecular weight excluding hydrogens is 317 g/mol. The molecule has 0 aliphatic heterocycles. The molecule has 0 fully saturated rings. The van der Waals surface area contributed by atoms with Crippen LogP contribution in [-0.4, -0.2) is 32.7 Å². The van der Waals surface area contributed by atoms with E-state index < -0.39 is 14.0 Å². The summed E-state index contributed by atoms with van der Waals surface area (Å²) in [5.41, 5.74) is 0. The molecule has 0 saturated carbocycles. The first-order valence-electron chi connectivity index (χ1n) is 7.96. The van der Waals surface area contributed by atoms with Crippen molar-refractivity contribution in [1.82, 2.24) is 5.09 Å². The second kappa shape index (κ2) is 10.8. The average molecular weight is 345 g/mol. The van der Waals surface area contributed by atoms with Crippen molar-refractivity contribution in [2.75, 3.05) is 20.3 Å². The van der Waals surface area contributed by atoms with Crippen LogP contribution in [0.15, 0.2) is 30.3 Å². The van der Waals surface area contributed by atoms with Crippen LogP contribution >= 0.6 is 7.75 Å². The maximum absolute atomic E-state index is 12.7. The Labute approximate surface area is 139 Å². The van der Waals surface area contributed by atoms with Crippen molar-refractivity contribution in [2.45, 2.75) is 45.9 Å². The molecule has 0 spiro atoms. The van der Waals surface area contributed by atoms with E-state index >= 15 is 0 Å². The first kappa shape index (κ1) is 20.1. The van der Waals surface area contributed by atoms with Crippen LogP contribution in [-0.2, 0) is 18.6 Å². The second-order valence-electron chi connectivity index (χ2n) is 5.11. The van der Waals surface area contributed by atoms with Crippen molar-refractivity contribution in [3.05, 3.63) is 30.3 Å². The van der Waals surface area contributed by atoms with Crippen molar-refractivity contribution in [3.63, 3.8) is 0 Å². The Bertz CT molecular complexity index is 463. The van der Waals surface area contributed by atoms with Crippen LogP contribution in [0.4, 0.5) is 0 Å². The van der Waals surface area contributed by atoms with Crippen LogP contribution in [0.2, 0.25) is 0 Å². The zero-order valence-electron chi connectivity index (χ0n) is 14.4. The Morgan fingerprint density at radius 2 is 1.65 bits per heavy atom. The number of para-hydroxylation sites is 1. The maximum atomic E-state index is 12.7. The molecule has 0 saturated heterocycles. The molecule has 1 N–H and O–H groups in total. The summed E-state index contributed by atoms with van der Waals surface area (Å²) in [6.07, 6.45) is 1.24. The summed E-state index contributed by atoms with van der Waals surface area (Å²) in [6.45, 7) is 7.01. The molecule has 0 amide bonds. The topological polar surface area (TPSA) is 66.0 Å². The van der Waals surface area contributed by atoms with Gasteiger partial charge in [-0.05, 0) is 31.9 Å². The van der Waals surface area contributed by atoms with E-state index in [9.17, 15) is 4.57 Å². The summed E-state index contributed by atoms with van der Waals surface area (Å²) in [5.74, 6) is 0.470. The van der Waals surface area contributed by atoms with E-state index in [0.29, 0.717) is 19.0 Å². The van der Waals surface area contributed by atoms with Crippen molar-refractivity contribution >= 4 is 7.75 Å². The molecule has 1 unspecified atom stereocenters. The lowest BCUT2D eigenvalue weighted by atomic mass is 10.3. The summed E-state index contributed by atoms with van der Waals surface area (Å²) in [6, 6.07) is 8.54. The van der Waals surface area contributed by atoms with Gasteiger partial charge in [0.25, 0.3) is 0 Å². The van der Waals surface area contributed by atoms with Gasteiger partial charge in [0.05, 0.1) is 6.04 Å². The summed E-state index contributed by atoms with van der Waals surface area (Å²) >= 11 is 0. The molecule has 0 aliphatic carbocycles. The Balaban J connectivity index is 2.70. The van der Waals surface area contributed by atoms with Crippen LogP contribution in [0.1, 0.15) is 33.6 Å². The van der Waals surface area contributed by atoms with Gasteiger partial charge >= 0.3 is 7.75 Å². The van der Waals surface area contributed by atoms with Gasteiger partial charge in [-0.1, -0.05) is 32.0 Å². The van der Waals surface area contributed by atoms with Crippen molar-refractivity contribution < 1.29 is 23.1 Å². The van der Waals surface area contributed by atoms with Crippen molar-refractivity contribution in [1.29, 1.82) is 0 Å². The lowest BCUT2D eigenvalue weighted by molar-refractivity contribution is -0.154. The molecule has 0 radical (unpaired) electrons. The van der Waals surface area contributed by atoms with E-state index in [2.05, 4.69) is 5.09 Å². The fourth-order valence-electron chi connectivity index (χ4n) is 1.85. The van der Waals surface area contributed by atoms with E-state index in [1.165, 1.54) is 7.11 Å². The highest BCUT2D eigenvalue weighted by atomic mass is 31.2.